The van der Waals surface area contributed by atoms with E-state index in [1.54, 1.807) is 30.7 Å². The molecule has 0 aliphatic rings. The predicted octanol–water partition coefficient (Wildman–Crippen LogP) is 2.13. The second-order valence-electron chi connectivity index (χ2n) is 2.90. The van der Waals surface area contributed by atoms with Gasteiger partial charge in [0, 0.05) is 11.8 Å². The molecule has 76 valence electrons. The van der Waals surface area contributed by atoms with Gasteiger partial charge in [0.1, 0.15) is 11.5 Å². The average molecular weight is 203 g/mol. The second-order valence-corrected chi connectivity index (χ2v) is 2.90. The van der Waals surface area contributed by atoms with E-state index in [0.29, 0.717) is 0 Å². The van der Waals surface area contributed by atoms with Crippen LogP contribution in [-0.4, -0.2) is 18.1 Å². The number of nitrogens with zero attached hydrogens (tertiary/aromatic N) is 1. The van der Waals surface area contributed by atoms with E-state index in [1.165, 1.54) is 7.11 Å². The number of methoxy groups -OCH3 is 1. The van der Waals surface area contributed by atoms with Gasteiger partial charge < -0.3 is 9.15 Å². The maximum absolute atomic E-state index is 11.1. The fourth-order valence-electron chi connectivity index (χ4n) is 1.21. The molecule has 0 radical (unpaired) electrons. The van der Waals surface area contributed by atoms with Gasteiger partial charge in [-0.25, -0.2) is 9.78 Å². The van der Waals surface area contributed by atoms with E-state index in [9.17, 15) is 4.79 Å². The zero-order chi connectivity index (χ0) is 10.7. The van der Waals surface area contributed by atoms with E-state index in [-0.39, 0.29) is 5.69 Å². The molecular weight excluding hydrogens is 194 g/mol. The van der Waals surface area contributed by atoms with Crippen LogP contribution in [0.4, 0.5) is 0 Å². The molecule has 0 amide bonds. The van der Waals surface area contributed by atoms with Gasteiger partial charge in [0.05, 0.1) is 13.4 Å². The first-order valence-corrected chi connectivity index (χ1v) is 4.39. The minimum atomic E-state index is -0.444. The molecule has 0 aliphatic heterocycles. The summed E-state index contributed by atoms with van der Waals surface area (Å²) in [6.45, 7) is 0. The lowest BCUT2D eigenvalue weighted by Gasteiger charge is -1.99. The molecule has 2 aromatic rings. The maximum Gasteiger partial charge on any atom is 0.356 e. The molecule has 0 atom stereocenters. The summed E-state index contributed by atoms with van der Waals surface area (Å²) in [4.78, 5) is 15.1. The van der Waals surface area contributed by atoms with Crippen LogP contribution in [0.15, 0.2) is 41.1 Å². The Morgan fingerprint density at radius 2 is 2.27 bits per heavy atom. The molecule has 0 unspecified atom stereocenters. The van der Waals surface area contributed by atoms with Crippen LogP contribution in [-0.2, 0) is 4.74 Å². The Balaban J connectivity index is 2.29. The number of esters is 1. The number of hydrogen-bond acceptors (Lipinski definition) is 4. The third kappa shape index (κ3) is 1.88. The maximum atomic E-state index is 11.1. The van der Waals surface area contributed by atoms with E-state index < -0.39 is 5.97 Å². The molecule has 0 aliphatic carbocycles. The first kappa shape index (κ1) is 9.45. The largest absolute Gasteiger partial charge is 0.464 e. The van der Waals surface area contributed by atoms with Crippen molar-refractivity contribution < 1.29 is 13.9 Å². The summed E-state index contributed by atoms with van der Waals surface area (Å²) in [5.41, 5.74) is 1.11. The molecule has 0 N–H and O–H groups in total. The van der Waals surface area contributed by atoms with Crippen molar-refractivity contribution in [2.24, 2.45) is 0 Å². The number of hydrogen-bond donors (Lipinski definition) is 0. The molecule has 2 rings (SSSR count). The van der Waals surface area contributed by atoms with Crippen LogP contribution in [0.5, 0.6) is 0 Å². The van der Waals surface area contributed by atoms with Crippen molar-refractivity contribution >= 4 is 5.97 Å². The lowest BCUT2D eigenvalue weighted by atomic mass is 10.2. The van der Waals surface area contributed by atoms with Gasteiger partial charge in [-0.1, -0.05) is 0 Å². The molecule has 2 heterocycles. The van der Waals surface area contributed by atoms with Crippen molar-refractivity contribution in [1.29, 1.82) is 0 Å². The standard InChI is InChI=1S/C11H9NO3/c1-14-11(13)9-5-4-8(7-12-9)10-3-2-6-15-10/h2-7H,1H3. The summed E-state index contributed by atoms with van der Waals surface area (Å²) in [6.07, 6.45) is 3.16. The van der Waals surface area contributed by atoms with E-state index in [4.69, 9.17) is 4.42 Å². The normalized spacial score (nSPS) is 9.93. The minimum absolute atomic E-state index is 0.285. The van der Waals surface area contributed by atoms with Gasteiger partial charge >= 0.3 is 5.97 Å². The highest BCUT2D eigenvalue weighted by Crippen LogP contribution is 2.18. The van der Waals surface area contributed by atoms with Crippen LogP contribution in [0.2, 0.25) is 0 Å². The van der Waals surface area contributed by atoms with Crippen LogP contribution in [0, 0.1) is 0 Å². The first-order chi connectivity index (χ1) is 7.31. The number of rotatable bonds is 2. The molecule has 4 heteroatoms. The van der Waals surface area contributed by atoms with Gasteiger partial charge in [-0.2, -0.15) is 0 Å². The molecule has 4 nitrogen and oxygen atoms in total. The highest BCUT2D eigenvalue weighted by atomic mass is 16.5. The molecule has 0 bridgehead atoms. The second kappa shape index (κ2) is 3.96. The van der Waals surface area contributed by atoms with Crippen LogP contribution in [0.25, 0.3) is 11.3 Å². The molecule has 0 spiro atoms. The Kier molecular flexibility index (Phi) is 2.49. The summed E-state index contributed by atoms with van der Waals surface area (Å²) in [6, 6.07) is 6.99. The number of pyridine rings is 1. The van der Waals surface area contributed by atoms with Crippen molar-refractivity contribution in [1.82, 2.24) is 4.98 Å². The quantitative estimate of drug-likeness (QED) is 0.701. The molecule has 0 aromatic carbocycles. The summed E-state index contributed by atoms with van der Waals surface area (Å²) < 4.78 is 9.73. The number of aromatic nitrogens is 1. The summed E-state index contributed by atoms with van der Waals surface area (Å²) >= 11 is 0. The van der Waals surface area contributed by atoms with Gasteiger partial charge in [0.15, 0.2) is 0 Å². The lowest BCUT2D eigenvalue weighted by molar-refractivity contribution is 0.0594. The van der Waals surface area contributed by atoms with Gasteiger partial charge in [0.2, 0.25) is 0 Å². The van der Waals surface area contributed by atoms with E-state index in [2.05, 4.69) is 9.72 Å². The van der Waals surface area contributed by atoms with Gasteiger partial charge in [-0.05, 0) is 24.3 Å². The number of furan rings is 1. The zero-order valence-corrected chi connectivity index (χ0v) is 8.14. The summed E-state index contributed by atoms with van der Waals surface area (Å²) in [7, 11) is 1.32. The smallest absolute Gasteiger partial charge is 0.356 e. The topological polar surface area (TPSA) is 52.3 Å². The van der Waals surface area contributed by atoms with Crippen molar-refractivity contribution in [2.75, 3.05) is 7.11 Å². The summed E-state index contributed by atoms with van der Waals surface area (Å²) in [5, 5.41) is 0. The van der Waals surface area contributed by atoms with Crippen LogP contribution >= 0.6 is 0 Å². The Hall–Kier alpha value is -2.10. The monoisotopic (exact) mass is 203 g/mol. The fourth-order valence-corrected chi connectivity index (χ4v) is 1.21. The van der Waals surface area contributed by atoms with Crippen LogP contribution in [0.1, 0.15) is 10.5 Å². The molecule has 15 heavy (non-hydrogen) atoms. The summed E-state index contributed by atoms with van der Waals surface area (Å²) in [5.74, 6) is 0.278. The highest BCUT2D eigenvalue weighted by Gasteiger charge is 2.07. The van der Waals surface area contributed by atoms with Crippen molar-refractivity contribution in [3.63, 3.8) is 0 Å². The van der Waals surface area contributed by atoms with Gasteiger partial charge in [-0.3, -0.25) is 0 Å². The third-order valence-corrected chi connectivity index (χ3v) is 1.96. The molecule has 0 saturated carbocycles. The molecule has 0 fully saturated rings. The highest BCUT2D eigenvalue weighted by molar-refractivity contribution is 5.87. The van der Waals surface area contributed by atoms with Crippen molar-refractivity contribution in [3.8, 4) is 11.3 Å². The van der Waals surface area contributed by atoms with E-state index >= 15 is 0 Å². The first-order valence-electron chi connectivity index (χ1n) is 4.39. The van der Waals surface area contributed by atoms with E-state index in [0.717, 1.165) is 11.3 Å². The van der Waals surface area contributed by atoms with Gasteiger partial charge in [-0.15, -0.1) is 0 Å². The Morgan fingerprint density at radius 1 is 1.40 bits per heavy atom. The molecular formula is C11H9NO3. The Labute approximate surface area is 86.5 Å². The van der Waals surface area contributed by atoms with Gasteiger partial charge in [0.25, 0.3) is 0 Å². The minimum Gasteiger partial charge on any atom is -0.464 e. The SMILES string of the molecule is COC(=O)c1ccc(-c2ccco2)cn1. The third-order valence-electron chi connectivity index (χ3n) is 1.96. The van der Waals surface area contributed by atoms with Crippen LogP contribution in [0.3, 0.4) is 0 Å². The average Bonchev–Trinajstić information content (AvgIpc) is 2.82. The number of carbonyl (C=O) groups excluding carboxylic acids is 1. The fraction of sp³-hybridized carbons (Fsp3) is 0.0909. The number of ether oxygens (including phenoxy) is 1. The molecule has 2 aromatic heterocycles. The van der Waals surface area contributed by atoms with Crippen molar-refractivity contribution in [3.05, 3.63) is 42.4 Å². The zero-order valence-electron chi connectivity index (χ0n) is 8.14. The predicted molar refractivity (Wildman–Crippen MR) is 53.3 cm³/mol. The van der Waals surface area contributed by atoms with E-state index in [1.807, 2.05) is 6.07 Å². The van der Waals surface area contributed by atoms with Crippen molar-refractivity contribution in [2.45, 2.75) is 0 Å². The Morgan fingerprint density at radius 3 is 2.80 bits per heavy atom. The lowest BCUT2D eigenvalue weighted by Crippen LogP contribution is -2.03. The molecule has 0 saturated heterocycles. The Bertz CT molecular complexity index is 445. The number of carbonyl (C=O) groups is 1. The van der Waals surface area contributed by atoms with Crippen LogP contribution < -0.4 is 0 Å².